The molecule has 0 spiro atoms. The molecular weight excluding hydrogens is 144 g/mol. The Kier molecular flexibility index (Phi) is 2.65. The number of ether oxygens (including phenoxy) is 2. The lowest BCUT2D eigenvalue weighted by molar-refractivity contribution is -0.144. The lowest BCUT2D eigenvalue weighted by atomic mass is 10.2. The van der Waals surface area contributed by atoms with Crippen molar-refractivity contribution in [3.05, 3.63) is 12.7 Å². The van der Waals surface area contributed by atoms with Gasteiger partial charge in [0.1, 0.15) is 12.2 Å². The SMILES string of the molecule is C=CC(=O)OC(CC)C1CO1. The number of hydrogen-bond donors (Lipinski definition) is 0. The van der Waals surface area contributed by atoms with Crippen molar-refractivity contribution in [2.75, 3.05) is 6.61 Å². The second-order valence-corrected chi connectivity index (χ2v) is 2.46. The molecule has 0 N–H and O–H groups in total. The number of rotatable bonds is 4. The molecule has 1 saturated heterocycles. The fourth-order valence-electron chi connectivity index (χ4n) is 0.890. The summed E-state index contributed by atoms with van der Waals surface area (Å²) in [5, 5.41) is 0. The smallest absolute Gasteiger partial charge is 0.330 e. The second kappa shape index (κ2) is 3.53. The van der Waals surface area contributed by atoms with Gasteiger partial charge in [-0.3, -0.25) is 0 Å². The zero-order chi connectivity index (χ0) is 8.27. The molecule has 2 atom stereocenters. The van der Waals surface area contributed by atoms with Crippen LogP contribution in [0.15, 0.2) is 12.7 Å². The van der Waals surface area contributed by atoms with E-state index in [2.05, 4.69) is 6.58 Å². The topological polar surface area (TPSA) is 38.8 Å². The standard InChI is InChI=1S/C8H12O3/c1-3-6(7-5-10-7)11-8(9)4-2/h4,6-7H,2-3,5H2,1H3. The van der Waals surface area contributed by atoms with Gasteiger partial charge in [-0.1, -0.05) is 13.5 Å². The van der Waals surface area contributed by atoms with E-state index in [4.69, 9.17) is 9.47 Å². The van der Waals surface area contributed by atoms with Gasteiger partial charge in [-0.2, -0.15) is 0 Å². The number of carbonyl (C=O) groups is 1. The maximum atomic E-state index is 10.7. The normalized spacial score (nSPS) is 23.9. The molecule has 62 valence electrons. The van der Waals surface area contributed by atoms with Crippen molar-refractivity contribution < 1.29 is 14.3 Å². The van der Waals surface area contributed by atoms with E-state index in [1.165, 1.54) is 6.08 Å². The highest BCUT2D eigenvalue weighted by Gasteiger charge is 2.33. The molecule has 0 radical (unpaired) electrons. The summed E-state index contributed by atoms with van der Waals surface area (Å²) in [6, 6.07) is 0. The third-order valence-corrected chi connectivity index (χ3v) is 1.61. The molecule has 11 heavy (non-hydrogen) atoms. The molecule has 3 nitrogen and oxygen atoms in total. The minimum Gasteiger partial charge on any atom is -0.456 e. The molecule has 0 amide bonds. The Morgan fingerprint density at radius 3 is 3.00 bits per heavy atom. The molecule has 1 aliphatic heterocycles. The summed E-state index contributed by atoms with van der Waals surface area (Å²) in [5.74, 6) is -0.368. The highest BCUT2D eigenvalue weighted by atomic mass is 16.6. The lowest BCUT2D eigenvalue weighted by Crippen LogP contribution is -2.21. The largest absolute Gasteiger partial charge is 0.456 e. The molecule has 0 aromatic carbocycles. The minimum absolute atomic E-state index is 0.0829. The van der Waals surface area contributed by atoms with Crippen LogP contribution in [0.4, 0.5) is 0 Å². The van der Waals surface area contributed by atoms with E-state index < -0.39 is 0 Å². The number of epoxide rings is 1. The van der Waals surface area contributed by atoms with Crippen LogP contribution in [0.3, 0.4) is 0 Å². The first-order valence-electron chi connectivity index (χ1n) is 3.72. The summed E-state index contributed by atoms with van der Waals surface area (Å²) in [5.41, 5.74) is 0. The lowest BCUT2D eigenvalue weighted by Gasteiger charge is -2.11. The third-order valence-electron chi connectivity index (χ3n) is 1.61. The highest BCUT2D eigenvalue weighted by molar-refractivity contribution is 5.81. The first kappa shape index (κ1) is 8.27. The average molecular weight is 156 g/mol. The predicted molar refractivity (Wildman–Crippen MR) is 40.1 cm³/mol. The first-order chi connectivity index (χ1) is 5.27. The fourth-order valence-corrected chi connectivity index (χ4v) is 0.890. The Morgan fingerprint density at radius 2 is 2.64 bits per heavy atom. The molecule has 0 aromatic rings. The van der Waals surface area contributed by atoms with Crippen molar-refractivity contribution in [2.24, 2.45) is 0 Å². The maximum absolute atomic E-state index is 10.7. The van der Waals surface area contributed by atoms with E-state index in [1.54, 1.807) is 0 Å². The van der Waals surface area contributed by atoms with Crippen LogP contribution in [0.25, 0.3) is 0 Å². The van der Waals surface area contributed by atoms with Crippen LogP contribution in [-0.2, 0) is 14.3 Å². The van der Waals surface area contributed by atoms with Crippen LogP contribution in [0.5, 0.6) is 0 Å². The summed E-state index contributed by atoms with van der Waals surface area (Å²) in [4.78, 5) is 10.7. The molecule has 0 aliphatic carbocycles. The van der Waals surface area contributed by atoms with Crippen LogP contribution in [0, 0.1) is 0 Å². The average Bonchev–Trinajstić information content (AvgIpc) is 2.82. The fraction of sp³-hybridized carbons (Fsp3) is 0.625. The zero-order valence-electron chi connectivity index (χ0n) is 6.58. The second-order valence-electron chi connectivity index (χ2n) is 2.46. The van der Waals surface area contributed by atoms with E-state index in [9.17, 15) is 4.79 Å². The Morgan fingerprint density at radius 1 is 2.00 bits per heavy atom. The molecule has 0 bridgehead atoms. The van der Waals surface area contributed by atoms with Gasteiger partial charge in [0.15, 0.2) is 0 Å². The summed E-state index contributed by atoms with van der Waals surface area (Å²) in [6.45, 7) is 5.98. The van der Waals surface area contributed by atoms with Crippen molar-refractivity contribution in [2.45, 2.75) is 25.6 Å². The third kappa shape index (κ3) is 2.35. The molecule has 0 saturated carbocycles. The predicted octanol–water partition coefficient (Wildman–Crippen LogP) is 0.893. The van der Waals surface area contributed by atoms with Crippen LogP contribution in [0.1, 0.15) is 13.3 Å². The van der Waals surface area contributed by atoms with Crippen LogP contribution in [0.2, 0.25) is 0 Å². The summed E-state index contributed by atoms with van der Waals surface area (Å²) >= 11 is 0. The van der Waals surface area contributed by atoms with Crippen molar-refractivity contribution in [1.82, 2.24) is 0 Å². The van der Waals surface area contributed by atoms with Crippen LogP contribution >= 0.6 is 0 Å². The molecular formula is C8H12O3. The molecule has 1 heterocycles. The van der Waals surface area contributed by atoms with Gasteiger partial charge >= 0.3 is 5.97 Å². The van der Waals surface area contributed by atoms with Crippen LogP contribution < -0.4 is 0 Å². The van der Waals surface area contributed by atoms with E-state index in [0.717, 1.165) is 6.42 Å². The highest BCUT2D eigenvalue weighted by Crippen LogP contribution is 2.19. The van der Waals surface area contributed by atoms with Crippen molar-refractivity contribution in [3.63, 3.8) is 0 Å². The Hall–Kier alpha value is -0.830. The van der Waals surface area contributed by atoms with E-state index in [1.807, 2.05) is 6.92 Å². The Labute approximate surface area is 66.0 Å². The van der Waals surface area contributed by atoms with Crippen molar-refractivity contribution in [3.8, 4) is 0 Å². The van der Waals surface area contributed by atoms with Gasteiger partial charge in [0, 0.05) is 6.08 Å². The maximum Gasteiger partial charge on any atom is 0.330 e. The molecule has 1 aliphatic rings. The molecule has 1 rings (SSSR count). The first-order valence-corrected chi connectivity index (χ1v) is 3.72. The minimum atomic E-state index is -0.368. The number of hydrogen-bond acceptors (Lipinski definition) is 3. The summed E-state index contributed by atoms with van der Waals surface area (Å²) in [6.07, 6.45) is 2.01. The monoisotopic (exact) mass is 156 g/mol. The molecule has 1 fully saturated rings. The molecule has 3 heteroatoms. The van der Waals surface area contributed by atoms with Gasteiger partial charge < -0.3 is 9.47 Å². The van der Waals surface area contributed by atoms with Gasteiger partial charge in [-0.25, -0.2) is 4.79 Å². The summed E-state index contributed by atoms with van der Waals surface area (Å²) < 4.78 is 9.99. The van der Waals surface area contributed by atoms with Crippen LogP contribution in [-0.4, -0.2) is 24.8 Å². The van der Waals surface area contributed by atoms with Crippen molar-refractivity contribution >= 4 is 5.97 Å². The van der Waals surface area contributed by atoms with Crippen molar-refractivity contribution in [1.29, 1.82) is 0 Å². The molecule has 0 aromatic heterocycles. The van der Waals surface area contributed by atoms with Gasteiger partial charge in [0.2, 0.25) is 0 Å². The van der Waals surface area contributed by atoms with Gasteiger partial charge in [-0.15, -0.1) is 0 Å². The van der Waals surface area contributed by atoms with E-state index in [-0.39, 0.29) is 18.2 Å². The summed E-state index contributed by atoms with van der Waals surface area (Å²) in [7, 11) is 0. The molecule has 2 unspecified atom stereocenters. The quantitative estimate of drug-likeness (QED) is 0.345. The van der Waals surface area contributed by atoms with E-state index in [0.29, 0.717) is 6.61 Å². The van der Waals surface area contributed by atoms with Gasteiger partial charge in [-0.05, 0) is 6.42 Å². The number of carbonyl (C=O) groups excluding carboxylic acids is 1. The Balaban J connectivity index is 2.30. The van der Waals surface area contributed by atoms with Gasteiger partial charge in [0.05, 0.1) is 6.61 Å². The Bertz CT molecular complexity index is 161. The number of esters is 1. The zero-order valence-corrected chi connectivity index (χ0v) is 6.58. The van der Waals surface area contributed by atoms with E-state index >= 15 is 0 Å². The van der Waals surface area contributed by atoms with Gasteiger partial charge in [0.25, 0.3) is 0 Å².